The van der Waals surface area contributed by atoms with E-state index >= 15 is 0 Å². The van der Waals surface area contributed by atoms with Crippen LogP contribution in [-0.4, -0.2) is 84.1 Å². The quantitative estimate of drug-likeness (QED) is 0.712. The summed E-state index contributed by atoms with van der Waals surface area (Å²) in [5, 5.41) is 4.11. The average molecular weight is 463 g/mol. The summed E-state index contributed by atoms with van der Waals surface area (Å²) in [6.45, 7) is 9.27. The third kappa shape index (κ3) is 4.91. The van der Waals surface area contributed by atoms with E-state index in [2.05, 4.69) is 31.1 Å². The molecule has 2 aromatic heterocycles. The van der Waals surface area contributed by atoms with Crippen molar-refractivity contribution in [3.63, 3.8) is 0 Å². The van der Waals surface area contributed by atoms with Crippen molar-refractivity contribution >= 4 is 22.6 Å². The van der Waals surface area contributed by atoms with Gasteiger partial charge in [-0.25, -0.2) is 4.98 Å². The molecule has 2 unspecified atom stereocenters. The van der Waals surface area contributed by atoms with Crippen LogP contribution in [0.5, 0.6) is 0 Å². The molecule has 0 radical (unpaired) electrons. The van der Waals surface area contributed by atoms with Gasteiger partial charge in [0.05, 0.1) is 5.52 Å². The first-order chi connectivity index (χ1) is 16.7. The van der Waals surface area contributed by atoms with Crippen LogP contribution in [0.1, 0.15) is 55.4 Å². The smallest absolute Gasteiger partial charge is 0.270 e. The zero-order valence-electron chi connectivity index (χ0n) is 20.3. The Kier molecular flexibility index (Phi) is 6.39. The van der Waals surface area contributed by atoms with Crippen molar-refractivity contribution < 1.29 is 4.79 Å². The lowest BCUT2D eigenvalue weighted by atomic mass is 10.0. The Balaban J connectivity index is 1.04. The van der Waals surface area contributed by atoms with Crippen molar-refractivity contribution in [2.75, 3.05) is 57.3 Å². The monoisotopic (exact) mass is 462 g/mol. The summed E-state index contributed by atoms with van der Waals surface area (Å²) >= 11 is 0. The minimum Gasteiger partial charge on any atom is -0.357 e. The number of amides is 1. The van der Waals surface area contributed by atoms with Crippen LogP contribution in [0.3, 0.4) is 0 Å². The molecule has 1 amide bonds. The largest absolute Gasteiger partial charge is 0.357 e. The minimum atomic E-state index is -0.0651. The predicted octanol–water partition coefficient (Wildman–Crippen LogP) is 3.16. The summed E-state index contributed by atoms with van der Waals surface area (Å²) < 4.78 is 0. The fourth-order valence-electron chi connectivity index (χ4n) is 6.22. The molecule has 0 spiro atoms. The molecule has 7 nitrogen and oxygen atoms in total. The lowest BCUT2D eigenvalue weighted by Gasteiger charge is -2.33. The number of nitrogens with one attached hydrogen (secondary N) is 1. The molecular formula is C27H38N6O. The number of pyridine rings is 2. The molecule has 1 aliphatic carbocycles. The number of carbonyl (C=O) groups excluding carboxylic acids is 1. The first-order valence-corrected chi connectivity index (χ1v) is 13.5. The molecule has 0 bridgehead atoms. The zero-order valence-corrected chi connectivity index (χ0v) is 20.3. The van der Waals surface area contributed by atoms with Crippen LogP contribution in [-0.2, 0) is 0 Å². The molecule has 1 saturated carbocycles. The van der Waals surface area contributed by atoms with Gasteiger partial charge in [0.25, 0.3) is 5.91 Å². The fraction of sp³-hybridized carbons (Fsp3) is 0.667. The number of carbonyl (C=O) groups is 1. The standard InChI is InChI=1S/C27H38N6O/c34-27(29-22-8-13-31(14-9-22)15-16-32-18-20-17-21(20)19-32)26-23-5-6-25(30-24(23)7-10-28-26)33-11-3-1-2-4-12-33/h5-7,10,20-22H,1-4,8-9,11-19H2,(H,29,34). The Morgan fingerprint density at radius 1 is 0.912 bits per heavy atom. The van der Waals surface area contributed by atoms with Gasteiger partial charge in [0, 0.05) is 70.0 Å². The van der Waals surface area contributed by atoms with Crippen molar-refractivity contribution in [2.24, 2.45) is 11.8 Å². The summed E-state index contributed by atoms with van der Waals surface area (Å²) in [7, 11) is 0. The van der Waals surface area contributed by atoms with Gasteiger partial charge in [-0.3, -0.25) is 9.78 Å². The van der Waals surface area contributed by atoms with Gasteiger partial charge >= 0.3 is 0 Å². The fourth-order valence-corrected chi connectivity index (χ4v) is 6.22. The summed E-state index contributed by atoms with van der Waals surface area (Å²) in [6, 6.07) is 6.25. The molecule has 2 atom stereocenters. The van der Waals surface area contributed by atoms with E-state index in [1.807, 2.05) is 12.1 Å². The molecule has 34 heavy (non-hydrogen) atoms. The second kappa shape index (κ2) is 9.78. The number of piperidine rings is 2. The van der Waals surface area contributed by atoms with E-state index < -0.39 is 0 Å². The number of likely N-dealkylation sites (tertiary alicyclic amines) is 2. The Labute approximate surface area is 202 Å². The highest BCUT2D eigenvalue weighted by Gasteiger charge is 2.44. The Morgan fingerprint density at radius 2 is 1.65 bits per heavy atom. The number of anilines is 1. The Bertz CT molecular complexity index is 1000. The van der Waals surface area contributed by atoms with Crippen LogP contribution < -0.4 is 10.2 Å². The van der Waals surface area contributed by atoms with Crippen LogP contribution in [0.4, 0.5) is 5.82 Å². The predicted molar refractivity (Wildman–Crippen MR) is 135 cm³/mol. The third-order valence-corrected chi connectivity index (χ3v) is 8.46. The molecule has 7 heteroatoms. The van der Waals surface area contributed by atoms with Crippen LogP contribution >= 0.6 is 0 Å². The lowest BCUT2D eigenvalue weighted by Crippen LogP contribution is -2.46. The molecule has 0 aromatic carbocycles. The van der Waals surface area contributed by atoms with E-state index in [1.54, 1.807) is 6.20 Å². The van der Waals surface area contributed by atoms with Gasteiger partial charge in [-0.2, -0.15) is 0 Å². The summed E-state index contributed by atoms with van der Waals surface area (Å²) in [4.78, 5) is 30.1. The van der Waals surface area contributed by atoms with Gasteiger partial charge in [-0.05, 0) is 62.1 Å². The molecule has 4 aliphatic rings. The molecule has 4 fully saturated rings. The average Bonchev–Trinajstić information content (AvgIpc) is 3.57. The van der Waals surface area contributed by atoms with E-state index in [4.69, 9.17) is 4.98 Å². The highest BCUT2D eigenvalue weighted by Crippen LogP contribution is 2.44. The van der Waals surface area contributed by atoms with E-state index in [-0.39, 0.29) is 11.9 Å². The molecule has 6 rings (SSSR count). The second-order valence-electron chi connectivity index (χ2n) is 10.9. The maximum Gasteiger partial charge on any atom is 0.270 e. The van der Waals surface area contributed by atoms with Gasteiger partial charge < -0.3 is 20.0 Å². The third-order valence-electron chi connectivity index (χ3n) is 8.46. The van der Waals surface area contributed by atoms with Crippen LogP contribution in [0.25, 0.3) is 10.9 Å². The van der Waals surface area contributed by atoms with E-state index in [1.165, 1.54) is 51.7 Å². The maximum absolute atomic E-state index is 13.1. The SMILES string of the molecule is O=C(NC1CCN(CCN2CC3CC3C2)CC1)c1nccc2nc(N3CCCCCC3)ccc12. The molecule has 182 valence electrons. The van der Waals surface area contributed by atoms with E-state index in [0.717, 1.165) is 74.1 Å². The van der Waals surface area contributed by atoms with Gasteiger partial charge in [0.15, 0.2) is 0 Å². The number of nitrogens with zero attached hydrogens (tertiary/aromatic N) is 5. The highest BCUT2D eigenvalue weighted by atomic mass is 16.1. The second-order valence-corrected chi connectivity index (χ2v) is 10.9. The molecule has 1 N–H and O–H groups in total. The van der Waals surface area contributed by atoms with E-state index in [9.17, 15) is 4.79 Å². The first-order valence-electron chi connectivity index (χ1n) is 13.5. The van der Waals surface area contributed by atoms with Gasteiger partial charge in [0.1, 0.15) is 11.5 Å². The molecule has 2 aromatic rings. The van der Waals surface area contributed by atoms with Crippen molar-refractivity contribution in [3.8, 4) is 0 Å². The van der Waals surface area contributed by atoms with Crippen molar-refractivity contribution in [1.82, 2.24) is 25.1 Å². The topological polar surface area (TPSA) is 64.6 Å². The first kappa shape index (κ1) is 22.2. The summed E-state index contributed by atoms with van der Waals surface area (Å²) in [6.07, 6.45) is 10.3. The number of rotatable bonds is 6. The number of hydrogen-bond donors (Lipinski definition) is 1. The minimum absolute atomic E-state index is 0.0651. The van der Waals surface area contributed by atoms with Crippen molar-refractivity contribution in [2.45, 2.75) is 51.0 Å². The summed E-state index contributed by atoms with van der Waals surface area (Å²) in [5.74, 6) is 2.98. The molecular weight excluding hydrogens is 424 g/mol. The van der Waals surface area contributed by atoms with Gasteiger partial charge in [-0.15, -0.1) is 0 Å². The zero-order chi connectivity index (χ0) is 22.9. The van der Waals surface area contributed by atoms with Gasteiger partial charge in [0.2, 0.25) is 0 Å². The number of aromatic nitrogens is 2. The number of hydrogen-bond acceptors (Lipinski definition) is 6. The highest BCUT2D eigenvalue weighted by molar-refractivity contribution is 6.04. The van der Waals surface area contributed by atoms with Crippen LogP contribution in [0.15, 0.2) is 24.4 Å². The Hall–Kier alpha value is -2.25. The van der Waals surface area contributed by atoms with Crippen molar-refractivity contribution in [3.05, 3.63) is 30.1 Å². The Morgan fingerprint density at radius 3 is 2.41 bits per heavy atom. The van der Waals surface area contributed by atoms with Gasteiger partial charge in [-0.1, -0.05) is 12.8 Å². The molecule has 3 aliphatic heterocycles. The lowest BCUT2D eigenvalue weighted by molar-refractivity contribution is 0.0904. The van der Waals surface area contributed by atoms with Crippen LogP contribution in [0.2, 0.25) is 0 Å². The number of fused-ring (bicyclic) bond motifs is 2. The maximum atomic E-state index is 13.1. The normalized spacial score (nSPS) is 26.4. The molecule has 5 heterocycles. The van der Waals surface area contributed by atoms with Crippen LogP contribution in [0, 0.1) is 11.8 Å². The molecule has 3 saturated heterocycles. The van der Waals surface area contributed by atoms with E-state index in [0.29, 0.717) is 5.69 Å². The summed E-state index contributed by atoms with van der Waals surface area (Å²) in [5.41, 5.74) is 1.36. The van der Waals surface area contributed by atoms with Crippen molar-refractivity contribution in [1.29, 1.82) is 0 Å².